The lowest BCUT2D eigenvalue weighted by atomic mass is 9.91. The minimum atomic E-state index is -1.89. The van der Waals surface area contributed by atoms with Crippen LogP contribution in [-0.4, -0.2) is 21.8 Å². The molecule has 1 aliphatic heterocycles. The van der Waals surface area contributed by atoms with Crippen LogP contribution >= 0.6 is 0 Å². The van der Waals surface area contributed by atoms with E-state index in [4.69, 9.17) is 8.85 Å². The molecule has 1 heterocycles. The van der Waals surface area contributed by atoms with Gasteiger partial charge in [-0.15, -0.1) is 0 Å². The predicted octanol–water partition coefficient (Wildman–Crippen LogP) is 3.65. The highest BCUT2D eigenvalue weighted by atomic mass is 28.4. The molecule has 0 N–H and O–H groups in total. The van der Waals surface area contributed by atoms with Gasteiger partial charge >= 0.3 is 8.56 Å². The first kappa shape index (κ1) is 12.6. The van der Waals surface area contributed by atoms with Gasteiger partial charge in [-0.05, 0) is 56.0 Å². The number of hydrogen-bond donors (Lipinski definition) is 0. The highest BCUT2D eigenvalue weighted by molar-refractivity contribution is 6.66. The summed E-state index contributed by atoms with van der Waals surface area (Å²) < 4.78 is 12.1. The molecular formula is C15H24O2Si. The van der Waals surface area contributed by atoms with Gasteiger partial charge in [0.05, 0.1) is 6.61 Å². The van der Waals surface area contributed by atoms with E-state index in [1.54, 1.807) is 0 Å². The Labute approximate surface area is 111 Å². The summed E-state index contributed by atoms with van der Waals surface area (Å²) in [6.07, 6.45) is 14.3. The largest absolute Gasteiger partial charge is 0.394 e. The zero-order valence-electron chi connectivity index (χ0n) is 11.3. The summed E-state index contributed by atoms with van der Waals surface area (Å²) >= 11 is 0. The topological polar surface area (TPSA) is 18.5 Å². The molecule has 2 nitrogen and oxygen atoms in total. The summed E-state index contributed by atoms with van der Waals surface area (Å²) in [5.41, 5.74) is 0. The summed E-state index contributed by atoms with van der Waals surface area (Å²) in [5.74, 6) is 2.65. The van der Waals surface area contributed by atoms with Crippen molar-refractivity contribution in [1.82, 2.24) is 0 Å². The average Bonchev–Trinajstić information content (AvgIpc) is 2.94. The first-order chi connectivity index (χ1) is 8.75. The van der Waals surface area contributed by atoms with Crippen LogP contribution in [0.1, 0.15) is 25.7 Å². The minimum absolute atomic E-state index is 0.749. The molecule has 1 fully saturated rings. The van der Waals surface area contributed by atoms with Gasteiger partial charge in [-0.25, -0.2) is 0 Å². The molecule has 4 unspecified atom stereocenters. The van der Waals surface area contributed by atoms with E-state index in [2.05, 4.69) is 30.9 Å². The molecule has 0 aromatic rings. The molecule has 2 aliphatic carbocycles. The van der Waals surface area contributed by atoms with Crippen molar-refractivity contribution in [3.05, 3.63) is 24.3 Å². The third-order valence-corrected chi connectivity index (χ3v) is 7.52. The molecule has 0 radical (unpaired) electrons. The van der Waals surface area contributed by atoms with E-state index < -0.39 is 8.56 Å². The Kier molecular flexibility index (Phi) is 3.73. The van der Waals surface area contributed by atoms with Gasteiger partial charge in [-0.2, -0.15) is 0 Å². The van der Waals surface area contributed by atoms with E-state index in [0.717, 1.165) is 37.4 Å². The second-order valence-corrected chi connectivity index (χ2v) is 9.48. The molecule has 0 spiro atoms. The maximum absolute atomic E-state index is 6.06. The maximum atomic E-state index is 6.06. The van der Waals surface area contributed by atoms with Crippen LogP contribution in [0.3, 0.4) is 0 Å². The second kappa shape index (κ2) is 5.31. The Hall–Kier alpha value is -0.383. The highest BCUT2D eigenvalue weighted by Gasteiger charge is 2.38. The first-order valence-electron chi connectivity index (χ1n) is 7.36. The van der Waals surface area contributed by atoms with Crippen LogP contribution < -0.4 is 0 Å². The summed E-state index contributed by atoms with van der Waals surface area (Å²) in [7, 11) is -1.89. The van der Waals surface area contributed by atoms with Gasteiger partial charge in [0.1, 0.15) is 0 Å². The van der Waals surface area contributed by atoms with Gasteiger partial charge in [-0.3, -0.25) is 0 Å². The monoisotopic (exact) mass is 264 g/mol. The second-order valence-electron chi connectivity index (χ2n) is 6.13. The zero-order valence-corrected chi connectivity index (χ0v) is 12.3. The lowest BCUT2D eigenvalue weighted by Gasteiger charge is -2.29. The van der Waals surface area contributed by atoms with Crippen molar-refractivity contribution in [2.75, 3.05) is 13.2 Å². The molecule has 100 valence electrons. The zero-order chi connectivity index (χ0) is 12.4. The standard InChI is InChI=1S/C15H24O2Si/c1-18(16-8-3-2-4-9-17-18)10-7-15-12-13-5-6-14(15)11-13/h2-3,5-6,13-15H,4,7-12H2,1H3/b3-2-. The SMILES string of the molecule is C[Si]1(CCC2CC3C=CC2C3)OC/C=C\CCO1. The Morgan fingerprint density at radius 2 is 2.11 bits per heavy atom. The van der Waals surface area contributed by atoms with E-state index in [-0.39, 0.29) is 0 Å². The fourth-order valence-electron chi connectivity index (χ4n) is 3.61. The fraction of sp³-hybridized carbons (Fsp3) is 0.733. The van der Waals surface area contributed by atoms with Crippen LogP contribution in [0, 0.1) is 17.8 Å². The van der Waals surface area contributed by atoms with Crippen molar-refractivity contribution in [3.63, 3.8) is 0 Å². The van der Waals surface area contributed by atoms with E-state index in [9.17, 15) is 0 Å². The predicted molar refractivity (Wildman–Crippen MR) is 75.5 cm³/mol. The Morgan fingerprint density at radius 3 is 2.89 bits per heavy atom. The molecule has 0 aromatic carbocycles. The molecule has 2 bridgehead atoms. The van der Waals surface area contributed by atoms with Crippen LogP contribution in [0.2, 0.25) is 12.6 Å². The quantitative estimate of drug-likeness (QED) is 0.572. The van der Waals surface area contributed by atoms with Crippen molar-refractivity contribution in [1.29, 1.82) is 0 Å². The molecule has 4 atom stereocenters. The number of fused-ring (bicyclic) bond motifs is 2. The van der Waals surface area contributed by atoms with Gasteiger partial charge in [-0.1, -0.05) is 24.3 Å². The van der Waals surface area contributed by atoms with Crippen molar-refractivity contribution in [3.8, 4) is 0 Å². The van der Waals surface area contributed by atoms with Crippen molar-refractivity contribution in [2.24, 2.45) is 17.8 Å². The lowest BCUT2D eigenvalue weighted by Crippen LogP contribution is -2.40. The van der Waals surface area contributed by atoms with E-state index >= 15 is 0 Å². The van der Waals surface area contributed by atoms with Crippen LogP contribution in [-0.2, 0) is 8.85 Å². The highest BCUT2D eigenvalue weighted by Crippen LogP contribution is 2.46. The molecular weight excluding hydrogens is 240 g/mol. The average molecular weight is 264 g/mol. The molecule has 3 aliphatic rings. The summed E-state index contributed by atoms with van der Waals surface area (Å²) in [5, 5.41) is 0. The van der Waals surface area contributed by atoms with Crippen molar-refractivity contribution < 1.29 is 8.85 Å². The summed E-state index contributed by atoms with van der Waals surface area (Å²) in [4.78, 5) is 0. The number of rotatable bonds is 3. The molecule has 1 saturated carbocycles. The van der Waals surface area contributed by atoms with Crippen LogP contribution in [0.5, 0.6) is 0 Å². The van der Waals surface area contributed by atoms with Crippen LogP contribution in [0.15, 0.2) is 24.3 Å². The van der Waals surface area contributed by atoms with Gasteiger partial charge in [0.2, 0.25) is 0 Å². The van der Waals surface area contributed by atoms with Gasteiger partial charge in [0, 0.05) is 6.61 Å². The smallest absolute Gasteiger partial charge is 0.335 e. The van der Waals surface area contributed by atoms with Crippen LogP contribution in [0.25, 0.3) is 0 Å². The molecule has 0 amide bonds. The van der Waals surface area contributed by atoms with Crippen molar-refractivity contribution in [2.45, 2.75) is 38.3 Å². The minimum Gasteiger partial charge on any atom is -0.394 e. The number of hydrogen-bond acceptors (Lipinski definition) is 2. The molecule has 18 heavy (non-hydrogen) atoms. The van der Waals surface area contributed by atoms with Crippen molar-refractivity contribution >= 4 is 8.56 Å². The van der Waals surface area contributed by atoms with Gasteiger partial charge in [0.15, 0.2) is 0 Å². The lowest BCUT2D eigenvalue weighted by molar-refractivity contribution is 0.183. The van der Waals surface area contributed by atoms with E-state index in [1.165, 1.54) is 25.3 Å². The van der Waals surface area contributed by atoms with E-state index in [0.29, 0.717) is 0 Å². The summed E-state index contributed by atoms with van der Waals surface area (Å²) in [6.45, 7) is 3.84. The third kappa shape index (κ3) is 2.78. The van der Waals surface area contributed by atoms with E-state index in [1.807, 2.05) is 0 Å². The molecule has 3 rings (SSSR count). The molecule has 0 saturated heterocycles. The number of allylic oxidation sites excluding steroid dienone is 2. The molecule has 0 aromatic heterocycles. The van der Waals surface area contributed by atoms with Gasteiger partial charge < -0.3 is 8.85 Å². The summed E-state index contributed by atoms with van der Waals surface area (Å²) in [6, 6.07) is 1.17. The first-order valence-corrected chi connectivity index (χ1v) is 9.89. The Morgan fingerprint density at radius 1 is 1.17 bits per heavy atom. The van der Waals surface area contributed by atoms with Crippen LogP contribution in [0.4, 0.5) is 0 Å². The fourth-order valence-corrected chi connectivity index (χ4v) is 5.88. The maximum Gasteiger partial charge on any atom is 0.335 e. The Balaban J connectivity index is 1.52. The Bertz CT molecular complexity index is 352. The molecule has 3 heteroatoms. The normalized spacial score (nSPS) is 44.8. The third-order valence-electron chi connectivity index (χ3n) is 4.73. The van der Waals surface area contributed by atoms with Gasteiger partial charge in [0.25, 0.3) is 0 Å².